The third-order valence-electron chi connectivity index (χ3n) is 5.92. The molecule has 5 heteroatoms. The Balaban J connectivity index is 1.46. The van der Waals surface area contributed by atoms with Crippen molar-refractivity contribution >= 4 is 11.6 Å². The molecule has 1 aliphatic carbocycles. The molecule has 1 atom stereocenters. The van der Waals surface area contributed by atoms with Gasteiger partial charge in [0.05, 0.1) is 0 Å². The number of nitrogens with zero attached hydrogens (tertiary/aromatic N) is 1. The molecule has 1 aromatic rings. The molecule has 0 spiro atoms. The Kier molecular flexibility index (Phi) is 6.54. The summed E-state index contributed by atoms with van der Waals surface area (Å²) in [6.07, 6.45) is 7.61. The summed E-state index contributed by atoms with van der Waals surface area (Å²) in [6.45, 7) is 5.14. The van der Waals surface area contributed by atoms with E-state index in [1.54, 1.807) is 7.11 Å². The molecule has 1 N–H and O–H groups in total. The zero-order valence-electron chi connectivity index (χ0n) is 16.1. The largest absolute Gasteiger partial charge is 0.492 e. The zero-order chi connectivity index (χ0) is 18.4. The van der Waals surface area contributed by atoms with E-state index in [0.717, 1.165) is 43.7 Å². The highest BCUT2D eigenvalue weighted by Crippen LogP contribution is 2.33. The number of hydrogen-bond donors (Lipinski definition) is 1. The van der Waals surface area contributed by atoms with Crippen LogP contribution in [0.5, 0.6) is 5.75 Å². The van der Waals surface area contributed by atoms with Crippen molar-refractivity contribution < 1.29 is 14.3 Å². The molecule has 26 heavy (non-hydrogen) atoms. The van der Waals surface area contributed by atoms with E-state index in [-0.39, 0.29) is 5.91 Å². The van der Waals surface area contributed by atoms with Crippen LogP contribution in [-0.4, -0.2) is 49.3 Å². The summed E-state index contributed by atoms with van der Waals surface area (Å²) in [7, 11) is 1.63. The molecule has 0 bridgehead atoms. The molecule has 1 amide bonds. The lowest BCUT2D eigenvalue weighted by Gasteiger charge is -2.33. The molecule has 0 aromatic heterocycles. The van der Waals surface area contributed by atoms with Gasteiger partial charge in [-0.25, -0.2) is 0 Å². The highest BCUT2D eigenvalue weighted by atomic mass is 16.5. The first-order valence-electron chi connectivity index (χ1n) is 9.96. The minimum absolute atomic E-state index is 0.0368. The normalized spacial score (nSPS) is 22.9. The van der Waals surface area contributed by atoms with Gasteiger partial charge < -0.3 is 14.8 Å². The first-order valence-corrected chi connectivity index (χ1v) is 9.96. The number of carbonyl (C=O) groups is 1. The van der Waals surface area contributed by atoms with Crippen molar-refractivity contribution in [2.75, 3.05) is 32.1 Å². The van der Waals surface area contributed by atoms with Gasteiger partial charge in [-0.1, -0.05) is 6.42 Å². The minimum Gasteiger partial charge on any atom is -0.492 e. The number of carbonyl (C=O) groups excluding carboxylic acids is 1. The van der Waals surface area contributed by atoms with Crippen LogP contribution in [0.15, 0.2) is 24.3 Å². The molecule has 3 rings (SSSR count). The summed E-state index contributed by atoms with van der Waals surface area (Å²) in [4.78, 5) is 15.1. The van der Waals surface area contributed by atoms with Gasteiger partial charge in [0.1, 0.15) is 18.0 Å². The van der Waals surface area contributed by atoms with Crippen LogP contribution in [0.1, 0.15) is 51.9 Å². The predicted octanol–water partition coefficient (Wildman–Crippen LogP) is 3.84. The Bertz CT molecular complexity index is 581. The molecule has 5 nitrogen and oxygen atoms in total. The van der Waals surface area contributed by atoms with Gasteiger partial charge in [0.15, 0.2) is 0 Å². The maximum Gasteiger partial charge on any atom is 0.256 e. The molecule has 0 unspecified atom stereocenters. The standard InChI is InChI=1S/C21H32N2O3/c1-17-7-3-6-14-23(17)15-16-26-19-10-8-18(9-11-19)22-20(24)21(25-2)12-4-5-13-21/h8-11,17H,3-7,12-16H2,1-2H3,(H,22,24)/t17-/m1/s1. The fourth-order valence-electron chi connectivity index (χ4n) is 4.12. The lowest BCUT2D eigenvalue weighted by molar-refractivity contribution is -0.136. The molecule has 2 fully saturated rings. The van der Waals surface area contributed by atoms with Crippen molar-refractivity contribution in [3.63, 3.8) is 0 Å². The van der Waals surface area contributed by atoms with Crippen LogP contribution in [0.25, 0.3) is 0 Å². The van der Waals surface area contributed by atoms with E-state index in [2.05, 4.69) is 17.1 Å². The monoisotopic (exact) mass is 360 g/mol. The van der Waals surface area contributed by atoms with Crippen molar-refractivity contribution in [2.24, 2.45) is 0 Å². The number of hydrogen-bond acceptors (Lipinski definition) is 4. The van der Waals surface area contributed by atoms with E-state index in [0.29, 0.717) is 12.6 Å². The van der Waals surface area contributed by atoms with E-state index in [9.17, 15) is 4.79 Å². The Labute approximate surface area is 157 Å². The van der Waals surface area contributed by atoms with Crippen LogP contribution < -0.4 is 10.1 Å². The third kappa shape index (κ3) is 4.57. The van der Waals surface area contributed by atoms with Crippen LogP contribution in [0.3, 0.4) is 0 Å². The lowest BCUT2D eigenvalue weighted by atomic mass is 10.0. The summed E-state index contributed by atoms with van der Waals surface area (Å²) >= 11 is 0. The van der Waals surface area contributed by atoms with E-state index in [1.165, 1.54) is 25.8 Å². The van der Waals surface area contributed by atoms with Gasteiger partial charge in [-0.3, -0.25) is 9.69 Å². The van der Waals surface area contributed by atoms with E-state index in [1.807, 2.05) is 24.3 Å². The second-order valence-corrected chi connectivity index (χ2v) is 7.61. The average Bonchev–Trinajstić information content (AvgIpc) is 3.15. The number of nitrogens with one attached hydrogen (secondary N) is 1. The molecule has 2 aliphatic rings. The van der Waals surface area contributed by atoms with Gasteiger partial charge in [-0.2, -0.15) is 0 Å². The van der Waals surface area contributed by atoms with E-state index in [4.69, 9.17) is 9.47 Å². The van der Waals surface area contributed by atoms with Crippen LogP contribution in [0.4, 0.5) is 5.69 Å². The zero-order valence-corrected chi connectivity index (χ0v) is 16.1. The Morgan fingerprint density at radius 1 is 1.19 bits per heavy atom. The van der Waals surface area contributed by atoms with Crippen molar-refractivity contribution in [1.29, 1.82) is 0 Å². The number of piperidine rings is 1. The molecule has 1 aliphatic heterocycles. The van der Waals surface area contributed by atoms with Crippen LogP contribution in [0, 0.1) is 0 Å². The molecule has 0 radical (unpaired) electrons. The fraction of sp³-hybridized carbons (Fsp3) is 0.667. The first kappa shape index (κ1) is 19.2. The molecule has 1 saturated heterocycles. The van der Waals surface area contributed by atoms with Crippen molar-refractivity contribution in [1.82, 2.24) is 4.90 Å². The molecule has 1 saturated carbocycles. The quantitative estimate of drug-likeness (QED) is 0.803. The maximum absolute atomic E-state index is 12.6. The number of likely N-dealkylation sites (tertiary alicyclic amines) is 1. The van der Waals surface area contributed by atoms with Gasteiger partial charge in [0, 0.05) is 25.4 Å². The van der Waals surface area contributed by atoms with Crippen molar-refractivity contribution in [2.45, 2.75) is 63.5 Å². The number of rotatable bonds is 7. The van der Waals surface area contributed by atoms with Gasteiger partial charge in [0.2, 0.25) is 0 Å². The van der Waals surface area contributed by atoms with Crippen molar-refractivity contribution in [3.8, 4) is 5.75 Å². The van der Waals surface area contributed by atoms with Crippen LogP contribution >= 0.6 is 0 Å². The minimum atomic E-state index is -0.652. The third-order valence-corrected chi connectivity index (χ3v) is 5.92. The molecular weight excluding hydrogens is 328 g/mol. The molecule has 1 aromatic carbocycles. The Hall–Kier alpha value is -1.59. The van der Waals surface area contributed by atoms with Crippen LogP contribution in [-0.2, 0) is 9.53 Å². The van der Waals surface area contributed by atoms with Crippen LogP contribution in [0.2, 0.25) is 0 Å². The highest BCUT2D eigenvalue weighted by Gasteiger charge is 2.41. The summed E-state index contributed by atoms with van der Waals surface area (Å²) in [5, 5.41) is 2.99. The van der Waals surface area contributed by atoms with Crippen molar-refractivity contribution in [3.05, 3.63) is 24.3 Å². The maximum atomic E-state index is 12.6. The van der Waals surface area contributed by atoms with Gasteiger partial charge in [-0.05, 0) is 76.3 Å². The van der Waals surface area contributed by atoms with Gasteiger partial charge in [-0.15, -0.1) is 0 Å². The second kappa shape index (κ2) is 8.87. The highest BCUT2D eigenvalue weighted by molar-refractivity contribution is 5.97. The van der Waals surface area contributed by atoms with Gasteiger partial charge in [0.25, 0.3) is 5.91 Å². The van der Waals surface area contributed by atoms with Gasteiger partial charge >= 0.3 is 0 Å². The Morgan fingerprint density at radius 3 is 2.58 bits per heavy atom. The average molecular weight is 360 g/mol. The number of benzene rings is 1. The summed E-state index contributed by atoms with van der Waals surface area (Å²) in [6, 6.07) is 8.30. The lowest BCUT2D eigenvalue weighted by Crippen LogP contribution is -2.42. The molecule has 144 valence electrons. The smallest absolute Gasteiger partial charge is 0.256 e. The molecular formula is C21H32N2O3. The number of ether oxygens (including phenoxy) is 2. The topological polar surface area (TPSA) is 50.8 Å². The number of amides is 1. The van der Waals surface area contributed by atoms with E-state index < -0.39 is 5.60 Å². The van der Waals surface area contributed by atoms with E-state index >= 15 is 0 Å². The fourth-order valence-corrected chi connectivity index (χ4v) is 4.12. The Morgan fingerprint density at radius 2 is 1.92 bits per heavy atom. The SMILES string of the molecule is COC1(C(=O)Nc2ccc(OCCN3CCCC[C@H]3C)cc2)CCCC1. The first-order chi connectivity index (χ1) is 12.6. The number of methoxy groups -OCH3 is 1. The second-order valence-electron chi connectivity index (χ2n) is 7.61. The summed E-state index contributed by atoms with van der Waals surface area (Å²) < 4.78 is 11.4. The summed E-state index contributed by atoms with van der Waals surface area (Å²) in [5.41, 5.74) is 0.135. The summed E-state index contributed by atoms with van der Waals surface area (Å²) in [5.74, 6) is 0.806. The predicted molar refractivity (Wildman–Crippen MR) is 104 cm³/mol. The molecule has 1 heterocycles. The number of anilines is 1.